The highest BCUT2D eigenvalue weighted by Gasteiger charge is 2.33. The van der Waals surface area contributed by atoms with Crippen molar-refractivity contribution in [3.63, 3.8) is 0 Å². The first kappa shape index (κ1) is 22.6. The first-order valence-electron chi connectivity index (χ1n) is 9.59. The zero-order valence-corrected chi connectivity index (χ0v) is 18.2. The van der Waals surface area contributed by atoms with Crippen LogP contribution in [-0.2, 0) is 16.1 Å². The Hall–Kier alpha value is -3.07. The van der Waals surface area contributed by atoms with Gasteiger partial charge in [0.1, 0.15) is 17.5 Å². The van der Waals surface area contributed by atoms with Crippen LogP contribution in [0.1, 0.15) is 36.7 Å². The van der Waals surface area contributed by atoms with Crippen LogP contribution in [-0.4, -0.2) is 40.5 Å². The van der Waals surface area contributed by atoms with Crippen molar-refractivity contribution in [2.45, 2.75) is 43.9 Å². The predicted molar refractivity (Wildman–Crippen MR) is 115 cm³/mol. The molecule has 2 N–H and O–H groups in total. The molecule has 9 heteroatoms. The second-order valence-electron chi connectivity index (χ2n) is 8.05. The molecule has 7 nitrogen and oxygen atoms in total. The molecule has 0 bridgehead atoms. The Balaban J connectivity index is 1.95. The van der Waals surface area contributed by atoms with Gasteiger partial charge in [-0.15, -0.1) is 11.8 Å². The summed E-state index contributed by atoms with van der Waals surface area (Å²) in [5.41, 5.74) is 0.393. The van der Waals surface area contributed by atoms with Crippen molar-refractivity contribution in [1.82, 2.24) is 5.32 Å². The first-order valence-corrected chi connectivity index (χ1v) is 10.6. The molecular weight excluding hydrogens is 423 g/mol. The fourth-order valence-electron chi connectivity index (χ4n) is 3.02. The van der Waals surface area contributed by atoms with E-state index in [9.17, 15) is 23.9 Å². The molecule has 0 aliphatic carbocycles. The Bertz CT molecular complexity index is 1000. The molecular formula is C22H23FN2O5S. The fourth-order valence-corrected chi connectivity index (χ4v) is 4.08. The molecule has 1 aliphatic heterocycles. The molecule has 2 amide bonds. The van der Waals surface area contributed by atoms with Gasteiger partial charge in [0, 0.05) is 10.6 Å². The van der Waals surface area contributed by atoms with Gasteiger partial charge in [0.2, 0.25) is 0 Å². The number of carbonyl (C=O) groups is 3. The SMILES string of the molecule is CC(C)(C)OC(=O)N[C@H]1CSc2ccc(C(=O)O)cc2N(Cc2ccc(F)cc2)C1=O. The van der Waals surface area contributed by atoms with E-state index in [0.717, 1.165) is 0 Å². The molecule has 0 aromatic heterocycles. The molecule has 3 rings (SSSR count). The summed E-state index contributed by atoms with van der Waals surface area (Å²) in [6.45, 7) is 5.25. The zero-order chi connectivity index (χ0) is 22.8. The molecule has 0 unspecified atom stereocenters. The maximum absolute atomic E-state index is 13.4. The number of carboxylic acid groups (broad SMARTS) is 1. The van der Waals surface area contributed by atoms with Gasteiger partial charge in [0.05, 0.1) is 17.8 Å². The van der Waals surface area contributed by atoms with Crippen molar-refractivity contribution in [2.75, 3.05) is 10.7 Å². The van der Waals surface area contributed by atoms with Crippen LogP contribution in [0, 0.1) is 5.82 Å². The Kier molecular flexibility index (Phi) is 6.54. The number of alkyl carbamates (subject to hydrolysis) is 1. The summed E-state index contributed by atoms with van der Waals surface area (Å²) in [7, 11) is 0. The molecule has 0 radical (unpaired) electrons. The molecule has 0 saturated heterocycles. The number of anilines is 1. The van der Waals surface area contributed by atoms with E-state index in [2.05, 4.69) is 5.32 Å². The summed E-state index contributed by atoms with van der Waals surface area (Å²) in [5.74, 6) is -1.68. The summed E-state index contributed by atoms with van der Waals surface area (Å²) in [6, 6.07) is 9.34. The number of halogens is 1. The molecule has 0 spiro atoms. The minimum atomic E-state index is -1.12. The molecule has 0 fully saturated rings. The third kappa shape index (κ3) is 5.75. The van der Waals surface area contributed by atoms with E-state index in [-0.39, 0.29) is 17.9 Å². The number of hydrogen-bond acceptors (Lipinski definition) is 5. The van der Waals surface area contributed by atoms with Crippen LogP contribution in [0.15, 0.2) is 47.4 Å². The van der Waals surface area contributed by atoms with Crippen molar-refractivity contribution in [1.29, 1.82) is 0 Å². The van der Waals surface area contributed by atoms with Gasteiger partial charge in [-0.1, -0.05) is 12.1 Å². The number of fused-ring (bicyclic) bond motifs is 1. The average molecular weight is 447 g/mol. The highest BCUT2D eigenvalue weighted by atomic mass is 32.2. The Morgan fingerprint density at radius 1 is 1.23 bits per heavy atom. The van der Waals surface area contributed by atoms with Crippen LogP contribution in [0.4, 0.5) is 14.9 Å². The van der Waals surface area contributed by atoms with E-state index in [1.54, 1.807) is 39.0 Å². The summed E-state index contributed by atoms with van der Waals surface area (Å²) >= 11 is 1.33. The van der Waals surface area contributed by atoms with Gasteiger partial charge in [-0.3, -0.25) is 4.79 Å². The van der Waals surface area contributed by atoms with Crippen LogP contribution in [0.5, 0.6) is 0 Å². The summed E-state index contributed by atoms with van der Waals surface area (Å²) in [4.78, 5) is 39.2. The monoisotopic (exact) mass is 446 g/mol. The Morgan fingerprint density at radius 2 is 1.90 bits per heavy atom. The molecule has 1 aliphatic rings. The zero-order valence-electron chi connectivity index (χ0n) is 17.3. The number of carbonyl (C=O) groups excluding carboxylic acids is 2. The lowest BCUT2D eigenvalue weighted by molar-refractivity contribution is -0.120. The third-order valence-corrected chi connectivity index (χ3v) is 5.57. The number of carboxylic acids is 1. The third-order valence-electron chi connectivity index (χ3n) is 4.41. The Labute approximate surface area is 183 Å². The number of nitrogens with zero attached hydrogens (tertiary/aromatic N) is 1. The maximum Gasteiger partial charge on any atom is 0.408 e. The van der Waals surface area contributed by atoms with Crippen molar-refractivity contribution >= 4 is 35.4 Å². The lowest BCUT2D eigenvalue weighted by Gasteiger charge is -2.27. The molecule has 2 aromatic rings. The largest absolute Gasteiger partial charge is 0.478 e. The number of amides is 2. The first-order chi connectivity index (χ1) is 14.5. The van der Waals surface area contributed by atoms with Gasteiger partial charge >= 0.3 is 12.1 Å². The summed E-state index contributed by atoms with van der Waals surface area (Å²) in [6.07, 6.45) is -0.717. The van der Waals surface area contributed by atoms with Crippen molar-refractivity contribution < 1.29 is 28.6 Å². The maximum atomic E-state index is 13.4. The highest BCUT2D eigenvalue weighted by molar-refractivity contribution is 7.99. The molecule has 1 heterocycles. The van der Waals surface area contributed by atoms with Gasteiger partial charge in [-0.05, 0) is 56.7 Å². The average Bonchev–Trinajstić information content (AvgIpc) is 2.80. The van der Waals surface area contributed by atoms with Crippen molar-refractivity contribution in [3.8, 4) is 0 Å². The van der Waals surface area contributed by atoms with Gasteiger partial charge in [0.25, 0.3) is 5.91 Å². The summed E-state index contributed by atoms with van der Waals surface area (Å²) in [5, 5.41) is 12.0. The Morgan fingerprint density at radius 3 is 2.52 bits per heavy atom. The number of rotatable bonds is 4. The number of aromatic carboxylic acids is 1. The van der Waals surface area contributed by atoms with Gasteiger partial charge in [-0.25, -0.2) is 14.0 Å². The molecule has 31 heavy (non-hydrogen) atoms. The fraction of sp³-hybridized carbons (Fsp3) is 0.318. The number of hydrogen-bond donors (Lipinski definition) is 2. The van der Waals surface area contributed by atoms with Crippen LogP contribution < -0.4 is 10.2 Å². The van der Waals surface area contributed by atoms with Crippen LogP contribution in [0.25, 0.3) is 0 Å². The van der Waals surface area contributed by atoms with Crippen LogP contribution >= 0.6 is 11.8 Å². The van der Waals surface area contributed by atoms with Gasteiger partial charge in [-0.2, -0.15) is 0 Å². The number of ether oxygens (including phenoxy) is 1. The van der Waals surface area contributed by atoms with Crippen molar-refractivity contribution in [2.24, 2.45) is 0 Å². The normalized spacial score (nSPS) is 16.3. The second kappa shape index (κ2) is 8.97. The number of thioether (sulfide) groups is 1. The van der Waals surface area contributed by atoms with E-state index in [1.807, 2.05) is 0 Å². The van der Waals surface area contributed by atoms with Gasteiger partial charge < -0.3 is 20.1 Å². The van der Waals surface area contributed by atoms with Crippen molar-refractivity contribution in [3.05, 3.63) is 59.4 Å². The van der Waals surface area contributed by atoms with E-state index >= 15 is 0 Å². The summed E-state index contributed by atoms with van der Waals surface area (Å²) < 4.78 is 18.6. The molecule has 0 saturated carbocycles. The molecule has 164 valence electrons. The molecule has 1 atom stereocenters. The lowest BCUT2D eigenvalue weighted by Crippen LogP contribution is -2.50. The lowest BCUT2D eigenvalue weighted by atomic mass is 10.1. The minimum Gasteiger partial charge on any atom is -0.478 e. The highest BCUT2D eigenvalue weighted by Crippen LogP contribution is 2.36. The number of benzene rings is 2. The van der Waals surface area contributed by atoms with E-state index in [0.29, 0.717) is 16.1 Å². The topological polar surface area (TPSA) is 95.9 Å². The van der Waals surface area contributed by atoms with E-state index in [1.165, 1.54) is 40.9 Å². The predicted octanol–water partition coefficient (Wildman–Crippen LogP) is 4.06. The molecule has 2 aromatic carbocycles. The van der Waals surface area contributed by atoms with Gasteiger partial charge in [0.15, 0.2) is 0 Å². The minimum absolute atomic E-state index is 0.0369. The van der Waals surface area contributed by atoms with Crippen LogP contribution in [0.2, 0.25) is 0 Å². The smallest absolute Gasteiger partial charge is 0.408 e. The standard InChI is InChI=1S/C22H23FN2O5S/c1-22(2,3)30-21(29)24-16-12-31-18-9-6-14(20(27)28)10-17(18)25(19(16)26)11-13-4-7-15(23)8-5-13/h4-10,16H,11-12H2,1-3H3,(H,24,29)(H,27,28)/t16-/m0/s1. The van der Waals surface area contributed by atoms with Crippen LogP contribution in [0.3, 0.4) is 0 Å². The van der Waals surface area contributed by atoms with E-state index < -0.39 is 35.4 Å². The quantitative estimate of drug-likeness (QED) is 0.736. The number of nitrogens with one attached hydrogen (secondary N) is 1. The second-order valence-corrected chi connectivity index (χ2v) is 9.11. The van der Waals surface area contributed by atoms with E-state index in [4.69, 9.17) is 4.74 Å².